The van der Waals surface area contributed by atoms with Gasteiger partial charge in [-0.15, -0.1) is 10.2 Å². The number of hydrogen-bond donors (Lipinski definition) is 1. The molecule has 0 aliphatic heterocycles. The maximum absolute atomic E-state index is 9.08. The van der Waals surface area contributed by atoms with Gasteiger partial charge in [0.1, 0.15) is 11.9 Å². The fourth-order valence-corrected chi connectivity index (χ4v) is 2.08. The second-order valence-corrected chi connectivity index (χ2v) is 4.94. The highest BCUT2D eigenvalue weighted by Gasteiger charge is 2.14. The van der Waals surface area contributed by atoms with Crippen LogP contribution < -0.4 is 5.32 Å². The molecule has 0 unspecified atom stereocenters. The molecule has 0 bridgehead atoms. The predicted molar refractivity (Wildman–Crippen MR) is 76.3 cm³/mol. The summed E-state index contributed by atoms with van der Waals surface area (Å²) < 4.78 is 3.11. The summed E-state index contributed by atoms with van der Waals surface area (Å²) in [6.07, 6.45) is 3.31. The molecule has 0 fully saturated rings. The van der Waals surface area contributed by atoms with Crippen molar-refractivity contribution in [2.75, 3.05) is 11.6 Å². The Hall–Kier alpha value is -2.67. The van der Waals surface area contributed by atoms with Crippen LogP contribution in [0.2, 0.25) is 0 Å². The van der Waals surface area contributed by atoms with E-state index in [1.165, 1.54) is 22.5 Å². The SMILES string of the molecule is CSc1nc(Nc2nc(C)n(C)n2)c2ncc(C#N)n2n1. The van der Waals surface area contributed by atoms with E-state index in [0.717, 1.165) is 5.82 Å². The normalized spacial score (nSPS) is 10.8. The molecule has 106 valence electrons. The number of rotatable bonds is 3. The van der Waals surface area contributed by atoms with Crippen LogP contribution in [0.4, 0.5) is 11.8 Å². The molecule has 0 atom stereocenters. The van der Waals surface area contributed by atoms with Gasteiger partial charge in [-0.3, -0.25) is 4.68 Å². The molecule has 0 radical (unpaired) electrons. The Morgan fingerprint density at radius 1 is 1.33 bits per heavy atom. The van der Waals surface area contributed by atoms with E-state index in [9.17, 15) is 0 Å². The Kier molecular flexibility index (Phi) is 3.19. The van der Waals surface area contributed by atoms with Crippen molar-refractivity contribution in [3.63, 3.8) is 0 Å². The van der Waals surface area contributed by atoms with Gasteiger partial charge in [0.15, 0.2) is 17.2 Å². The first-order valence-electron chi connectivity index (χ1n) is 5.97. The van der Waals surface area contributed by atoms with Crippen molar-refractivity contribution in [3.05, 3.63) is 17.7 Å². The monoisotopic (exact) mass is 301 g/mol. The zero-order valence-electron chi connectivity index (χ0n) is 11.6. The number of nitrogens with one attached hydrogen (secondary N) is 1. The van der Waals surface area contributed by atoms with Gasteiger partial charge in [-0.25, -0.2) is 4.98 Å². The fourth-order valence-electron chi connectivity index (χ4n) is 1.73. The first kappa shape index (κ1) is 13.3. The lowest BCUT2D eigenvalue weighted by Crippen LogP contribution is -2.05. The van der Waals surface area contributed by atoms with Crippen molar-refractivity contribution in [2.45, 2.75) is 12.1 Å². The van der Waals surface area contributed by atoms with E-state index in [0.29, 0.717) is 28.3 Å². The topological polar surface area (TPSA) is 110 Å². The largest absolute Gasteiger partial charge is 0.304 e. The predicted octanol–water partition coefficient (Wildman–Crippen LogP) is 0.898. The number of thioether (sulfide) groups is 1. The minimum atomic E-state index is 0.343. The lowest BCUT2D eigenvalue weighted by Gasteiger charge is -2.04. The molecule has 0 aliphatic rings. The minimum absolute atomic E-state index is 0.343. The van der Waals surface area contributed by atoms with Crippen LogP contribution in [-0.4, -0.2) is 40.6 Å². The highest BCUT2D eigenvalue weighted by Crippen LogP contribution is 2.20. The third-order valence-corrected chi connectivity index (χ3v) is 3.39. The Balaban J connectivity index is 2.12. The molecule has 21 heavy (non-hydrogen) atoms. The Morgan fingerprint density at radius 2 is 2.14 bits per heavy atom. The van der Waals surface area contributed by atoms with E-state index in [1.54, 1.807) is 11.7 Å². The van der Waals surface area contributed by atoms with E-state index in [2.05, 4.69) is 30.5 Å². The summed E-state index contributed by atoms with van der Waals surface area (Å²) in [4.78, 5) is 12.8. The zero-order chi connectivity index (χ0) is 15.0. The molecular formula is C11H11N9S. The van der Waals surface area contributed by atoms with Crippen molar-refractivity contribution < 1.29 is 0 Å². The molecule has 0 aliphatic carbocycles. The van der Waals surface area contributed by atoms with Gasteiger partial charge < -0.3 is 5.32 Å². The van der Waals surface area contributed by atoms with Crippen LogP contribution in [-0.2, 0) is 7.05 Å². The molecule has 9 nitrogen and oxygen atoms in total. The Morgan fingerprint density at radius 3 is 2.76 bits per heavy atom. The van der Waals surface area contributed by atoms with Crippen LogP contribution in [0.3, 0.4) is 0 Å². The first-order chi connectivity index (χ1) is 10.1. The third kappa shape index (κ3) is 2.27. The molecule has 0 spiro atoms. The molecule has 3 aromatic heterocycles. The Labute approximate surface area is 124 Å². The van der Waals surface area contributed by atoms with Gasteiger partial charge in [0.25, 0.3) is 0 Å². The van der Waals surface area contributed by atoms with Crippen molar-refractivity contribution in [3.8, 4) is 6.07 Å². The lowest BCUT2D eigenvalue weighted by molar-refractivity contribution is 0.736. The number of hydrogen-bond acceptors (Lipinski definition) is 8. The Bertz CT molecular complexity index is 837. The van der Waals surface area contributed by atoms with Crippen molar-refractivity contribution in [1.29, 1.82) is 5.26 Å². The summed E-state index contributed by atoms with van der Waals surface area (Å²) in [5.74, 6) is 1.65. The summed E-state index contributed by atoms with van der Waals surface area (Å²) in [6, 6.07) is 2.04. The van der Waals surface area contributed by atoms with E-state index in [4.69, 9.17) is 5.26 Å². The molecule has 3 aromatic rings. The van der Waals surface area contributed by atoms with Gasteiger partial charge in [-0.05, 0) is 13.2 Å². The van der Waals surface area contributed by atoms with Crippen LogP contribution in [0.5, 0.6) is 0 Å². The van der Waals surface area contributed by atoms with Gasteiger partial charge in [0.05, 0.1) is 6.20 Å². The van der Waals surface area contributed by atoms with Crippen LogP contribution in [0, 0.1) is 18.3 Å². The number of imidazole rings is 1. The molecule has 0 amide bonds. The molecule has 3 heterocycles. The summed E-state index contributed by atoms with van der Waals surface area (Å²) in [5.41, 5.74) is 0.797. The highest BCUT2D eigenvalue weighted by atomic mass is 32.2. The number of fused-ring (bicyclic) bond motifs is 1. The number of anilines is 2. The molecule has 10 heteroatoms. The number of nitrogens with zero attached hydrogens (tertiary/aromatic N) is 8. The maximum atomic E-state index is 9.08. The van der Waals surface area contributed by atoms with Crippen LogP contribution in [0.1, 0.15) is 11.5 Å². The number of nitriles is 1. The smallest absolute Gasteiger partial charge is 0.248 e. The van der Waals surface area contributed by atoms with E-state index in [-0.39, 0.29) is 0 Å². The van der Waals surface area contributed by atoms with Crippen LogP contribution in [0.25, 0.3) is 5.65 Å². The summed E-state index contributed by atoms with van der Waals surface area (Å²) in [5, 5.41) is 21.1. The molecule has 0 saturated carbocycles. The standard InChI is InChI=1S/C11H11N9S/c1-6-14-10(17-19(6)2)15-8-9-13-5-7(4-12)20(9)18-11(16-8)21-3/h5H,1-3H3,(H,15,16,17,18). The van der Waals surface area contributed by atoms with Crippen molar-refractivity contribution >= 4 is 29.2 Å². The van der Waals surface area contributed by atoms with Crippen molar-refractivity contribution in [2.24, 2.45) is 7.05 Å². The molecule has 0 saturated heterocycles. The number of aryl methyl sites for hydroxylation is 2. The van der Waals surface area contributed by atoms with E-state index >= 15 is 0 Å². The fraction of sp³-hybridized carbons (Fsp3) is 0.273. The van der Waals surface area contributed by atoms with Crippen LogP contribution in [0.15, 0.2) is 11.4 Å². The third-order valence-electron chi connectivity index (χ3n) is 2.85. The molecule has 0 aromatic carbocycles. The molecule has 1 N–H and O–H groups in total. The molecule has 3 rings (SSSR count). The summed E-state index contributed by atoms with van der Waals surface area (Å²) >= 11 is 1.37. The summed E-state index contributed by atoms with van der Waals surface area (Å²) in [6.45, 7) is 1.85. The number of aromatic nitrogens is 7. The summed E-state index contributed by atoms with van der Waals surface area (Å²) in [7, 11) is 1.81. The van der Waals surface area contributed by atoms with Gasteiger partial charge in [0, 0.05) is 7.05 Å². The van der Waals surface area contributed by atoms with Crippen LogP contribution >= 0.6 is 11.8 Å². The highest BCUT2D eigenvalue weighted by molar-refractivity contribution is 7.98. The maximum Gasteiger partial charge on any atom is 0.248 e. The van der Waals surface area contributed by atoms with Gasteiger partial charge in [-0.1, -0.05) is 11.8 Å². The van der Waals surface area contributed by atoms with E-state index in [1.807, 2.05) is 19.2 Å². The average Bonchev–Trinajstić information content (AvgIpc) is 3.02. The van der Waals surface area contributed by atoms with E-state index < -0.39 is 0 Å². The minimum Gasteiger partial charge on any atom is -0.304 e. The second-order valence-electron chi connectivity index (χ2n) is 4.17. The average molecular weight is 301 g/mol. The molecular weight excluding hydrogens is 290 g/mol. The lowest BCUT2D eigenvalue weighted by atomic mass is 10.5. The quantitative estimate of drug-likeness (QED) is 0.710. The zero-order valence-corrected chi connectivity index (χ0v) is 12.4. The van der Waals surface area contributed by atoms with Gasteiger partial charge in [0.2, 0.25) is 11.1 Å². The first-order valence-corrected chi connectivity index (χ1v) is 7.19. The second kappa shape index (κ2) is 5.02. The van der Waals surface area contributed by atoms with Gasteiger partial charge in [-0.2, -0.15) is 19.7 Å². The van der Waals surface area contributed by atoms with Gasteiger partial charge >= 0.3 is 0 Å². The van der Waals surface area contributed by atoms with Crippen molar-refractivity contribution in [1.82, 2.24) is 34.3 Å².